The molecule has 2 amide bonds. The molecular formula is C21H30N4O2. The van der Waals surface area contributed by atoms with Gasteiger partial charge >= 0.3 is 0 Å². The number of aromatic nitrogens is 2. The molecule has 2 aromatic heterocycles. The van der Waals surface area contributed by atoms with E-state index in [1.165, 1.54) is 5.69 Å². The average molecular weight is 370 g/mol. The highest BCUT2D eigenvalue weighted by molar-refractivity contribution is 5.95. The highest BCUT2D eigenvalue weighted by atomic mass is 16.2. The Morgan fingerprint density at radius 3 is 2.26 bits per heavy atom. The Morgan fingerprint density at radius 2 is 1.67 bits per heavy atom. The summed E-state index contributed by atoms with van der Waals surface area (Å²) in [5.74, 6) is 0.201. The normalized spacial score (nSPS) is 15.1. The van der Waals surface area contributed by atoms with E-state index in [2.05, 4.69) is 29.5 Å². The quantitative estimate of drug-likeness (QED) is 0.902. The lowest BCUT2D eigenvalue weighted by atomic mass is 10.1. The monoisotopic (exact) mass is 370 g/mol. The second-order valence-corrected chi connectivity index (χ2v) is 7.65. The van der Waals surface area contributed by atoms with Crippen molar-refractivity contribution in [1.29, 1.82) is 0 Å². The summed E-state index contributed by atoms with van der Waals surface area (Å²) in [5, 5.41) is 0. The summed E-state index contributed by atoms with van der Waals surface area (Å²) in [5.41, 5.74) is 6.05. The molecule has 1 N–H and O–H groups in total. The van der Waals surface area contributed by atoms with E-state index in [1.807, 2.05) is 36.8 Å². The third-order valence-corrected chi connectivity index (χ3v) is 5.74. The molecule has 0 spiro atoms. The number of hydrogen-bond acceptors (Lipinski definition) is 2. The summed E-state index contributed by atoms with van der Waals surface area (Å²) in [6.45, 7) is 10.6. The van der Waals surface area contributed by atoms with Crippen LogP contribution in [0.1, 0.15) is 45.1 Å². The van der Waals surface area contributed by atoms with Gasteiger partial charge in [0.05, 0.1) is 12.0 Å². The number of nitrogens with one attached hydrogen (secondary N) is 1. The number of H-pyrrole nitrogens is 1. The SMILES string of the molecule is Cc1cc(C(=O)N2CCCN(C(=O)Cc3cc(C)n(C)c3C)CC2)c(C)[nH]1. The van der Waals surface area contributed by atoms with Crippen molar-refractivity contribution in [2.75, 3.05) is 26.2 Å². The third-order valence-electron chi connectivity index (χ3n) is 5.74. The van der Waals surface area contributed by atoms with Gasteiger partial charge in [0, 0.05) is 56.0 Å². The van der Waals surface area contributed by atoms with Gasteiger partial charge in [0.1, 0.15) is 0 Å². The zero-order chi connectivity index (χ0) is 19.7. The predicted molar refractivity (Wildman–Crippen MR) is 106 cm³/mol. The fourth-order valence-corrected chi connectivity index (χ4v) is 3.87. The molecular weight excluding hydrogens is 340 g/mol. The molecule has 146 valence electrons. The first kappa shape index (κ1) is 19.3. The molecule has 6 heteroatoms. The van der Waals surface area contributed by atoms with E-state index in [9.17, 15) is 9.59 Å². The van der Waals surface area contributed by atoms with Crippen LogP contribution in [-0.4, -0.2) is 57.3 Å². The number of carbonyl (C=O) groups excluding carboxylic acids is 2. The minimum atomic E-state index is 0.0562. The van der Waals surface area contributed by atoms with Crippen LogP contribution >= 0.6 is 0 Å². The maximum Gasteiger partial charge on any atom is 0.255 e. The molecule has 1 saturated heterocycles. The van der Waals surface area contributed by atoms with Crippen molar-refractivity contribution in [1.82, 2.24) is 19.4 Å². The van der Waals surface area contributed by atoms with E-state index in [4.69, 9.17) is 0 Å². The van der Waals surface area contributed by atoms with Gasteiger partial charge < -0.3 is 19.4 Å². The van der Waals surface area contributed by atoms with Gasteiger partial charge in [-0.1, -0.05) is 0 Å². The molecule has 0 bridgehead atoms. The Balaban J connectivity index is 1.64. The maximum atomic E-state index is 12.8. The van der Waals surface area contributed by atoms with Gasteiger partial charge in [0.2, 0.25) is 5.91 Å². The average Bonchev–Trinajstić information content (AvgIpc) is 2.95. The van der Waals surface area contributed by atoms with E-state index in [-0.39, 0.29) is 11.8 Å². The molecule has 2 aromatic rings. The van der Waals surface area contributed by atoms with Crippen molar-refractivity contribution < 1.29 is 9.59 Å². The van der Waals surface area contributed by atoms with Gasteiger partial charge in [-0.05, 0) is 51.8 Å². The van der Waals surface area contributed by atoms with Crippen molar-refractivity contribution >= 4 is 11.8 Å². The fraction of sp³-hybridized carbons (Fsp3) is 0.524. The summed E-state index contributed by atoms with van der Waals surface area (Å²) >= 11 is 0. The Hall–Kier alpha value is -2.50. The second-order valence-electron chi connectivity index (χ2n) is 7.65. The predicted octanol–water partition coefficient (Wildman–Crippen LogP) is 2.50. The summed E-state index contributed by atoms with van der Waals surface area (Å²) in [6, 6.07) is 4.00. The summed E-state index contributed by atoms with van der Waals surface area (Å²) in [4.78, 5) is 32.6. The molecule has 0 saturated carbocycles. The first-order chi connectivity index (χ1) is 12.8. The van der Waals surface area contributed by atoms with Crippen molar-refractivity contribution in [3.63, 3.8) is 0 Å². The Kier molecular flexibility index (Phi) is 5.44. The Bertz CT molecular complexity index is 862. The lowest BCUT2D eigenvalue weighted by Gasteiger charge is -2.22. The number of nitrogens with zero attached hydrogens (tertiary/aromatic N) is 3. The topological polar surface area (TPSA) is 61.3 Å². The van der Waals surface area contributed by atoms with Gasteiger partial charge in [-0.2, -0.15) is 0 Å². The fourth-order valence-electron chi connectivity index (χ4n) is 3.87. The van der Waals surface area contributed by atoms with Crippen molar-refractivity contribution in [3.8, 4) is 0 Å². The van der Waals surface area contributed by atoms with Gasteiger partial charge in [-0.25, -0.2) is 0 Å². The molecule has 0 unspecified atom stereocenters. The van der Waals surface area contributed by atoms with Crippen LogP contribution in [0.5, 0.6) is 0 Å². The van der Waals surface area contributed by atoms with Crippen LogP contribution in [0.15, 0.2) is 12.1 Å². The van der Waals surface area contributed by atoms with E-state index >= 15 is 0 Å². The van der Waals surface area contributed by atoms with Crippen LogP contribution < -0.4 is 0 Å². The standard InChI is InChI=1S/C21H30N4O2/c1-14-11-19(16(3)22-14)21(27)25-8-6-7-24(9-10-25)20(26)13-18-12-15(2)23(5)17(18)4/h11-12,22H,6-10,13H2,1-5H3. The lowest BCUT2D eigenvalue weighted by Crippen LogP contribution is -2.38. The van der Waals surface area contributed by atoms with Gasteiger partial charge in [0.25, 0.3) is 5.91 Å². The number of rotatable bonds is 3. The minimum absolute atomic E-state index is 0.0562. The third kappa shape index (κ3) is 3.94. The summed E-state index contributed by atoms with van der Waals surface area (Å²) in [6.07, 6.45) is 1.24. The van der Waals surface area contributed by atoms with Gasteiger partial charge in [-0.15, -0.1) is 0 Å². The number of aromatic amines is 1. The molecule has 0 atom stereocenters. The zero-order valence-corrected chi connectivity index (χ0v) is 17.1. The van der Waals surface area contributed by atoms with E-state index in [1.54, 1.807) is 0 Å². The van der Waals surface area contributed by atoms with Crippen LogP contribution in [0.4, 0.5) is 0 Å². The number of amides is 2. The van der Waals surface area contributed by atoms with E-state index in [0.29, 0.717) is 32.6 Å². The first-order valence-corrected chi connectivity index (χ1v) is 9.63. The van der Waals surface area contributed by atoms with Crippen molar-refractivity contribution in [3.05, 3.63) is 46.0 Å². The van der Waals surface area contributed by atoms with Gasteiger partial charge in [0.15, 0.2) is 0 Å². The van der Waals surface area contributed by atoms with E-state index in [0.717, 1.165) is 34.6 Å². The molecule has 0 aliphatic carbocycles. The summed E-state index contributed by atoms with van der Waals surface area (Å²) in [7, 11) is 2.03. The van der Waals surface area contributed by atoms with E-state index < -0.39 is 0 Å². The van der Waals surface area contributed by atoms with Crippen LogP contribution in [-0.2, 0) is 18.3 Å². The molecule has 6 nitrogen and oxygen atoms in total. The maximum absolute atomic E-state index is 12.8. The zero-order valence-electron chi connectivity index (χ0n) is 17.1. The highest BCUT2D eigenvalue weighted by Crippen LogP contribution is 2.17. The Morgan fingerprint density at radius 1 is 1.00 bits per heavy atom. The molecule has 1 aliphatic rings. The van der Waals surface area contributed by atoms with Crippen molar-refractivity contribution in [2.24, 2.45) is 7.05 Å². The number of carbonyl (C=O) groups is 2. The second kappa shape index (κ2) is 7.62. The Labute approximate surface area is 161 Å². The summed E-state index contributed by atoms with van der Waals surface area (Å²) < 4.78 is 2.12. The number of hydrogen-bond donors (Lipinski definition) is 1. The number of aryl methyl sites for hydroxylation is 3. The smallest absolute Gasteiger partial charge is 0.255 e. The van der Waals surface area contributed by atoms with Crippen LogP contribution in [0.2, 0.25) is 0 Å². The first-order valence-electron chi connectivity index (χ1n) is 9.63. The molecule has 0 radical (unpaired) electrons. The largest absolute Gasteiger partial charge is 0.362 e. The molecule has 3 heterocycles. The van der Waals surface area contributed by atoms with Gasteiger partial charge in [-0.3, -0.25) is 9.59 Å². The minimum Gasteiger partial charge on any atom is -0.362 e. The molecule has 3 rings (SSSR count). The molecule has 0 aromatic carbocycles. The van der Waals surface area contributed by atoms with Crippen molar-refractivity contribution in [2.45, 2.75) is 40.5 Å². The molecule has 27 heavy (non-hydrogen) atoms. The lowest BCUT2D eigenvalue weighted by molar-refractivity contribution is -0.130. The van der Waals surface area contributed by atoms with Crippen LogP contribution in [0, 0.1) is 27.7 Å². The molecule has 1 fully saturated rings. The van der Waals surface area contributed by atoms with Crippen LogP contribution in [0.25, 0.3) is 0 Å². The highest BCUT2D eigenvalue weighted by Gasteiger charge is 2.25. The molecule has 1 aliphatic heterocycles. The van der Waals surface area contributed by atoms with Crippen LogP contribution in [0.3, 0.4) is 0 Å².